The van der Waals surface area contributed by atoms with E-state index < -0.39 is 0 Å². The standard InChI is InChI=1S/C12H17N/c1-3-13-12-8-7-10-9(2)5-4-6-11(10)12/h4-6,12-13H,3,7-8H2,1-2H3. The van der Waals surface area contributed by atoms with Crippen LogP contribution >= 0.6 is 0 Å². The molecule has 13 heavy (non-hydrogen) atoms. The molecule has 1 aliphatic rings. The van der Waals surface area contributed by atoms with Crippen LogP contribution in [0.15, 0.2) is 18.2 Å². The molecule has 0 heterocycles. The van der Waals surface area contributed by atoms with Crippen molar-refractivity contribution in [2.45, 2.75) is 32.7 Å². The molecule has 1 aliphatic carbocycles. The van der Waals surface area contributed by atoms with Crippen molar-refractivity contribution < 1.29 is 0 Å². The number of rotatable bonds is 2. The first-order valence-electron chi connectivity index (χ1n) is 5.14. The first-order valence-corrected chi connectivity index (χ1v) is 5.14. The zero-order chi connectivity index (χ0) is 9.26. The van der Waals surface area contributed by atoms with Gasteiger partial charge >= 0.3 is 0 Å². The molecule has 1 aromatic rings. The topological polar surface area (TPSA) is 12.0 Å². The molecule has 1 heteroatoms. The van der Waals surface area contributed by atoms with Gasteiger partial charge in [-0.3, -0.25) is 0 Å². The van der Waals surface area contributed by atoms with Gasteiger partial charge in [-0.1, -0.05) is 25.1 Å². The number of hydrogen-bond donors (Lipinski definition) is 1. The van der Waals surface area contributed by atoms with Gasteiger partial charge in [-0.15, -0.1) is 0 Å². The van der Waals surface area contributed by atoms with Crippen LogP contribution in [0.1, 0.15) is 36.1 Å². The van der Waals surface area contributed by atoms with Gasteiger partial charge in [0.05, 0.1) is 0 Å². The lowest BCUT2D eigenvalue weighted by atomic mass is 10.0. The number of fused-ring (bicyclic) bond motifs is 1. The molecule has 1 unspecified atom stereocenters. The molecular weight excluding hydrogens is 158 g/mol. The Balaban J connectivity index is 2.32. The summed E-state index contributed by atoms with van der Waals surface area (Å²) in [4.78, 5) is 0. The Morgan fingerprint density at radius 3 is 3.08 bits per heavy atom. The van der Waals surface area contributed by atoms with Gasteiger partial charge in [-0.05, 0) is 43.0 Å². The third-order valence-corrected chi connectivity index (χ3v) is 2.96. The summed E-state index contributed by atoms with van der Waals surface area (Å²) in [6, 6.07) is 7.26. The number of benzene rings is 1. The van der Waals surface area contributed by atoms with Gasteiger partial charge in [-0.25, -0.2) is 0 Å². The second-order valence-corrected chi connectivity index (χ2v) is 3.79. The molecule has 0 fully saturated rings. The van der Waals surface area contributed by atoms with Crippen molar-refractivity contribution in [1.29, 1.82) is 0 Å². The van der Waals surface area contributed by atoms with E-state index in [0.717, 1.165) is 6.54 Å². The van der Waals surface area contributed by atoms with Crippen molar-refractivity contribution in [1.82, 2.24) is 5.32 Å². The Kier molecular flexibility index (Phi) is 2.36. The maximum Gasteiger partial charge on any atom is 0.0326 e. The number of aryl methyl sites for hydroxylation is 1. The second-order valence-electron chi connectivity index (χ2n) is 3.79. The Bertz CT molecular complexity index is 304. The first kappa shape index (κ1) is 8.76. The van der Waals surface area contributed by atoms with E-state index in [2.05, 4.69) is 37.4 Å². The lowest BCUT2D eigenvalue weighted by Gasteiger charge is -2.12. The Morgan fingerprint density at radius 2 is 2.31 bits per heavy atom. The zero-order valence-corrected chi connectivity index (χ0v) is 8.43. The summed E-state index contributed by atoms with van der Waals surface area (Å²) in [6.07, 6.45) is 2.52. The van der Waals surface area contributed by atoms with Gasteiger partial charge in [0.1, 0.15) is 0 Å². The molecule has 0 aromatic heterocycles. The smallest absolute Gasteiger partial charge is 0.0326 e. The summed E-state index contributed by atoms with van der Waals surface area (Å²) in [7, 11) is 0. The summed E-state index contributed by atoms with van der Waals surface area (Å²) in [5.41, 5.74) is 4.56. The molecular formula is C12H17N. The predicted molar refractivity (Wildman–Crippen MR) is 55.9 cm³/mol. The van der Waals surface area contributed by atoms with Crippen LogP contribution < -0.4 is 5.32 Å². The van der Waals surface area contributed by atoms with E-state index in [1.165, 1.54) is 24.0 Å². The van der Waals surface area contributed by atoms with Gasteiger partial charge in [0.15, 0.2) is 0 Å². The minimum Gasteiger partial charge on any atom is -0.310 e. The van der Waals surface area contributed by atoms with Crippen molar-refractivity contribution in [3.8, 4) is 0 Å². The van der Waals surface area contributed by atoms with E-state index in [-0.39, 0.29) is 0 Å². The highest BCUT2D eigenvalue weighted by Crippen LogP contribution is 2.32. The molecule has 0 saturated heterocycles. The minimum absolute atomic E-state index is 0.611. The summed E-state index contributed by atoms with van der Waals surface area (Å²) >= 11 is 0. The molecule has 0 saturated carbocycles. The van der Waals surface area contributed by atoms with Crippen molar-refractivity contribution >= 4 is 0 Å². The van der Waals surface area contributed by atoms with Crippen molar-refractivity contribution in [3.63, 3.8) is 0 Å². The lowest BCUT2D eigenvalue weighted by Crippen LogP contribution is -2.18. The van der Waals surface area contributed by atoms with Crippen molar-refractivity contribution in [2.24, 2.45) is 0 Å². The van der Waals surface area contributed by atoms with Crippen LogP contribution in [0.4, 0.5) is 0 Å². The number of hydrogen-bond acceptors (Lipinski definition) is 1. The number of nitrogens with one attached hydrogen (secondary N) is 1. The minimum atomic E-state index is 0.611. The highest BCUT2D eigenvalue weighted by Gasteiger charge is 2.21. The van der Waals surface area contributed by atoms with Gasteiger partial charge in [0, 0.05) is 6.04 Å². The van der Waals surface area contributed by atoms with Crippen LogP contribution in [0.25, 0.3) is 0 Å². The van der Waals surface area contributed by atoms with Gasteiger partial charge in [0.2, 0.25) is 0 Å². The van der Waals surface area contributed by atoms with Crippen LogP contribution in [-0.4, -0.2) is 6.54 Å². The maximum absolute atomic E-state index is 3.53. The molecule has 2 rings (SSSR count). The summed E-state index contributed by atoms with van der Waals surface area (Å²) < 4.78 is 0. The Hall–Kier alpha value is -0.820. The Morgan fingerprint density at radius 1 is 1.46 bits per heavy atom. The zero-order valence-electron chi connectivity index (χ0n) is 8.43. The fourth-order valence-corrected chi connectivity index (χ4v) is 2.30. The van der Waals surface area contributed by atoms with Crippen molar-refractivity contribution in [2.75, 3.05) is 6.54 Å². The molecule has 70 valence electrons. The van der Waals surface area contributed by atoms with Crippen LogP contribution in [0, 0.1) is 6.92 Å². The molecule has 1 atom stereocenters. The quantitative estimate of drug-likeness (QED) is 0.728. The molecule has 0 spiro atoms. The highest BCUT2D eigenvalue weighted by atomic mass is 14.9. The average molecular weight is 175 g/mol. The first-order chi connectivity index (χ1) is 6.33. The van der Waals surface area contributed by atoms with Crippen LogP contribution in [0.2, 0.25) is 0 Å². The maximum atomic E-state index is 3.53. The lowest BCUT2D eigenvalue weighted by molar-refractivity contribution is 0.549. The van der Waals surface area contributed by atoms with Gasteiger partial charge in [0.25, 0.3) is 0 Å². The van der Waals surface area contributed by atoms with Crippen LogP contribution in [-0.2, 0) is 6.42 Å². The average Bonchev–Trinajstić information content (AvgIpc) is 2.51. The monoisotopic (exact) mass is 175 g/mol. The molecule has 0 aliphatic heterocycles. The summed E-state index contributed by atoms with van der Waals surface area (Å²) in [5.74, 6) is 0. The van der Waals surface area contributed by atoms with E-state index >= 15 is 0 Å². The van der Waals surface area contributed by atoms with Gasteiger partial charge in [-0.2, -0.15) is 0 Å². The Labute approximate surface area is 80.2 Å². The van der Waals surface area contributed by atoms with E-state index in [9.17, 15) is 0 Å². The fraction of sp³-hybridized carbons (Fsp3) is 0.500. The molecule has 1 N–H and O–H groups in total. The molecule has 0 bridgehead atoms. The third-order valence-electron chi connectivity index (χ3n) is 2.96. The molecule has 1 nitrogen and oxygen atoms in total. The predicted octanol–water partition coefficient (Wildman–Crippen LogP) is 2.59. The summed E-state index contributed by atoms with van der Waals surface area (Å²) in [6.45, 7) is 5.46. The molecule has 0 radical (unpaired) electrons. The van der Waals surface area contributed by atoms with Gasteiger partial charge < -0.3 is 5.32 Å². The van der Waals surface area contributed by atoms with E-state index in [1.54, 1.807) is 5.56 Å². The largest absolute Gasteiger partial charge is 0.310 e. The molecule has 1 aromatic carbocycles. The molecule has 0 amide bonds. The second kappa shape index (κ2) is 3.51. The highest BCUT2D eigenvalue weighted by molar-refractivity contribution is 5.40. The van der Waals surface area contributed by atoms with Crippen LogP contribution in [0.3, 0.4) is 0 Å². The van der Waals surface area contributed by atoms with E-state index in [0.29, 0.717) is 6.04 Å². The SMILES string of the molecule is CCNC1CCc2c(C)cccc21. The normalized spacial score (nSPS) is 20.3. The van der Waals surface area contributed by atoms with E-state index in [1.807, 2.05) is 0 Å². The van der Waals surface area contributed by atoms with Crippen LogP contribution in [0.5, 0.6) is 0 Å². The summed E-state index contributed by atoms with van der Waals surface area (Å²) in [5, 5.41) is 3.53. The van der Waals surface area contributed by atoms with Crippen molar-refractivity contribution in [3.05, 3.63) is 34.9 Å². The fourth-order valence-electron chi connectivity index (χ4n) is 2.30. The van der Waals surface area contributed by atoms with E-state index in [4.69, 9.17) is 0 Å². The third kappa shape index (κ3) is 1.49.